The second kappa shape index (κ2) is 4.72. The third kappa shape index (κ3) is 3.44. The Hall–Kier alpha value is -0.410. The van der Waals surface area contributed by atoms with Crippen LogP contribution in [0.4, 0.5) is 0 Å². The van der Waals surface area contributed by atoms with Crippen LogP contribution in [0.15, 0.2) is 0 Å². The topological polar surface area (TPSA) is 63.3 Å². The van der Waals surface area contributed by atoms with Gasteiger partial charge in [-0.1, -0.05) is 13.3 Å². The van der Waals surface area contributed by atoms with E-state index in [1.165, 1.54) is 0 Å². The molecular formula is C10H19NO2. The van der Waals surface area contributed by atoms with Crippen molar-refractivity contribution in [3.05, 3.63) is 0 Å². The van der Waals surface area contributed by atoms with Crippen LogP contribution >= 0.6 is 0 Å². The zero-order chi connectivity index (χ0) is 10.8. The van der Waals surface area contributed by atoms with Crippen molar-refractivity contribution in [2.24, 2.45) is 11.7 Å². The lowest BCUT2D eigenvalue weighted by molar-refractivity contribution is -0.128. The number of hydrogen-bond acceptors (Lipinski definition) is 3. The first-order valence-corrected chi connectivity index (χ1v) is 4.97. The van der Waals surface area contributed by atoms with Crippen LogP contribution < -0.4 is 5.73 Å². The van der Waals surface area contributed by atoms with Crippen LogP contribution in [0.25, 0.3) is 0 Å². The molecule has 1 saturated carbocycles. The fraction of sp³-hybridized carbons (Fsp3) is 0.900. The average molecular weight is 186 g/mol. The normalized spacial score (nSPS) is 24.7. The van der Waals surface area contributed by atoms with E-state index in [0.717, 1.165) is 12.8 Å². The van der Waals surface area contributed by atoms with Gasteiger partial charge in [0.1, 0.15) is 6.10 Å². The highest BCUT2D eigenvalue weighted by molar-refractivity contribution is 5.84. The number of carbonyl (C=O) groups excluding carboxylic acids is 1. The third-order valence-corrected chi connectivity index (χ3v) is 2.38. The van der Waals surface area contributed by atoms with Crippen LogP contribution in [0.2, 0.25) is 0 Å². The van der Waals surface area contributed by atoms with Crippen molar-refractivity contribution in [3.8, 4) is 0 Å². The first-order chi connectivity index (χ1) is 6.47. The van der Waals surface area contributed by atoms with Gasteiger partial charge in [-0.05, 0) is 25.2 Å². The SMILES string of the molecule is [2H][C@](N)(CCC)C(O)C(=O)CC1CC1. The average Bonchev–Trinajstić information content (AvgIpc) is 2.86. The van der Waals surface area contributed by atoms with E-state index in [-0.39, 0.29) is 5.78 Å². The third-order valence-electron chi connectivity index (χ3n) is 2.38. The van der Waals surface area contributed by atoms with Gasteiger partial charge in [-0.3, -0.25) is 4.79 Å². The number of nitrogens with two attached hydrogens (primary N) is 1. The van der Waals surface area contributed by atoms with Gasteiger partial charge in [0.25, 0.3) is 0 Å². The van der Waals surface area contributed by atoms with E-state index < -0.39 is 12.1 Å². The number of Topliss-reactive ketones (excluding diaryl/α,β-unsaturated/α-hetero) is 1. The summed E-state index contributed by atoms with van der Waals surface area (Å²) < 4.78 is 7.63. The molecule has 1 fully saturated rings. The van der Waals surface area contributed by atoms with Gasteiger partial charge < -0.3 is 10.8 Å². The molecule has 0 saturated heterocycles. The van der Waals surface area contributed by atoms with Gasteiger partial charge in [0.05, 0.1) is 0 Å². The zero-order valence-electron chi connectivity index (χ0n) is 9.12. The molecule has 0 aromatic carbocycles. The van der Waals surface area contributed by atoms with Crippen molar-refractivity contribution in [1.29, 1.82) is 0 Å². The summed E-state index contributed by atoms with van der Waals surface area (Å²) in [5.74, 6) is 0.174. The van der Waals surface area contributed by atoms with Crippen molar-refractivity contribution in [2.45, 2.75) is 51.1 Å². The summed E-state index contributed by atoms with van der Waals surface area (Å²) in [4.78, 5) is 11.5. The van der Waals surface area contributed by atoms with Gasteiger partial charge in [-0.2, -0.15) is 0 Å². The predicted molar refractivity (Wildman–Crippen MR) is 51.2 cm³/mol. The van der Waals surface area contributed by atoms with E-state index in [0.29, 0.717) is 25.2 Å². The van der Waals surface area contributed by atoms with Crippen LogP contribution in [0, 0.1) is 5.92 Å². The van der Waals surface area contributed by atoms with E-state index in [1.807, 2.05) is 6.92 Å². The molecule has 1 rings (SSSR count). The fourth-order valence-electron chi connectivity index (χ4n) is 1.35. The summed E-state index contributed by atoms with van der Waals surface area (Å²) in [5.41, 5.74) is 5.56. The Morgan fingerprint density at radius 2 is 2.38 bits per heavy atom. The molecule has 1 unspecified atom stereocenters. The number of hydrogen-bond donors (Lipinski definition) is 2. The van der Waals surface area contributed by atoms with Gasteiger partial charge in [0.2, 0.25) is 0 Å². The molecule has 13 heavy (non-hydrogen) atoms. The van der Waals surface area contributed by atoms with Crippen molar-refractivity contribution in [1.82, 2.24) is 0 Å². The standard InChI is InChI=1S/C10H19NO2/c1-2-3-8(11)10(13)9(12)6-7-4-5-7/h7-8,10,13H,2-6,11H2,1H3/t8-,10?/m0/s1/i8D. The summed E-state index contributed by atoms with van der Waals surface area (Å²) >= 11 is 0. The number of aliphatic hydroxyl groups is 1. The predicted octanol–water partition coefficient (Wildman–Crippen LogP) is 0.844. The number of carbonyl (C=O) groups is 1. The Morgan fingerprint density at radius 1 is 1.77 bits per heavy atom. The van der Waals surface area contributed by atoms with Crippen molar-refractivity contribution in [2.75, 3.05) is 0 Å². The summed E-state index contributed by atoms with van der Waals surface area (Å²) in [6.07, 6.45) is 2.27. The highest BCUT2D eigenvalue weighted by Gasteiger charge is 2.29. The molecule has 0 bridgehead atoms. The fourth-order valence-corrected chi connectivity index (χ4v) is 1.35. The Labute approximate surface area is 80.7 Å². The molecule has 2 atom stereocenters. The maximum absolute atomic E-state index is 11.5. The Kier molecular flexibility index (Phi) is 3.33. The molecule has 1 aliphatic rings. The molecule has 3 heteroatoms. The maximum Gasteiger partial charge on any atom is 0.163 e. The van der Waals surface area contributed by atoms with E-state index in [4.69, 9.17) is 7.10 Å². The molecule has 0 radical (unpaired) electrons. The Morgan fingerprint density at radius 3 is 2.85 bits per heavy atom. The molecule has 1 aliphatic carbocycles. The maximum atomic E-state index is 11.5. The summed E-state index contributed by atoms with van der Waals surface area (Å²) in [6, 6.07) is -1.50. The molecule has 3 nitrogen and oxygen atoms in total. The second-order valence-electron chi connectivity index (χ2n) is 3.84. The lowest BCUT2D eigenvalue weighted by Gasteiger charge is -2.16. The molecular weight excluding hydrogens is 166 g/mol. The molecule has 0 spiro atoms. The number of ketones is 1. The molecule has 76 valence electrons. The van der Waals surface area contributed by atoms with Gasteiger partial charge in [0.15, 0.2) is 5.78 Å². The van der Waals surface area contributed by atoms with E-state index >= 15 is 0 Å². The van der Waals surface area contributed by atoms with Crippen molar-refractivity contribution in [3.63, 3.8) is 0 Å². The van der Waals surface area contributed by atoms with E-state index in [1.54, 1.807) is 0 Å². The number of aliphatic hydroxyl groups excluding tert-OH is 1. The Balaban J connectivity index is 2.43. The monoisotopic (exact) mass is 186 g/mol. The van der Waals surface area contributed by atoms with Crippen LogP contribution in [0.1, 0.15) is 40.4 Å². The summed E-state index contributed by atoms with van der Waals surface area (Å²) in [5, 5.41) is 9.59. The lowest BCUT2D eigenvalue weighted by Crippen LogP contribution is -2.40. The van der Waals surface area contributed by atoms with Crippen LogP contribution in [0.3, 0.4) is 0 Å². The highest BCUT2D eigenvalue weighted by atomic mass is 16.3. The smallest absolute Gasteiger partial charge is 0.163 e. The van der Waals surface area contributed by atoms with E-state index in [2.05, 4.69) is 0 Å². The van der Waals surface area contributed by atoms with Crippen molar-refractivity contribution < 1.29 is 11.3 Å². The quantitative estimate of drug-likeness (QED) is 0.646. The van der Waals surface area contributed by atoms with Crippen LogP contribution in [-0.2, 0) is 4.79 Å². The molecule has 0 aliphatic heterocycles. The first-order valence-electron chi connectivity index (χ1n) is 5.47. The molecule has 3 N–H and O–H groups in total. The molecule has 0 amide bonds. The molecule has 0 heterocycles. The zero-order valence-corrected chi connectivity index (χ0v) is 8.12. The second-order valence-corrected chi connectivity index (χ2v) is 3.84. The van der Waals surface area contributed by atoms with Crippen molar-refractivity contribution >= 4 is 5.78 Å². The van der Waals surface area contributed by atoms with Crippen LogP contribution in [0.5, 0.6) is 0 Å². The minimum absolute atomic E-state index is 0.265. The Bertz CT molecular complexity index is 214. The van der Waals surface area contributed by atoms with Gasteiger partial charge in [-0.15, -0.1) is 0 Å². The van der Waals surface area contributed by atoms with Gasteiger partial charge >= 0.3 is 0 Å². The minimum atomic E-state index is -1.50. The van der Waals surface area contributed by atoms with E-state index in [9.17, 15) is 9.90 Å². The van der Waals surface area contributed by atoms with Gasteiger partial charge in [-0.25, -0.2) is 0 Å². The summed E-state index contributed by atoms with van der Waals surface area (Å²) in [7, 11) is 0. The highest BCUT2D eigenvalue weighted by Crippen LogP contribution is 2.33. The first kappa shape index (κ1) is 9.16. The summed E-state index contributed by atoms with van der Waals surface area (Å²) in [6.45, 7) is 1.88. The van der Waals surface area contributed by atoms with Crippen LogP contribution in [-0.4, -0.2) is 23.0 Å². The largest absolute Gasteiger partial charge is 0.384 e. The minimum Gasteiger partial charge on any atom is -0.384 e. The number of rotatable bonds is 6. The molecule has 0 aromatic heterocycles. The van der Waals surface area contributed by atoms with Gasteiger partial charge in [0, 0.05) is 13.8 Å². The molecule has 0 aromatic rings. The lowest BCUT2D eigenvalue weighted by atomic mass is 10.00.